The highest BCUT2D eigenvalue weighted by Crippen LogP contribution is 1.97. The van der Waals surface area contributed by atoms with E-state index in [0.29, 0.717) is 0 Å². The molecule has 1 heterocycles. The standard InChI is InChI=1S/C19H15N2/c1-2-8-16(9-3-1)14-20-15-17-10-4-5-11-18(17)19-12-6-7-13-21-19/h1-13,15,21H/q+1/b17-15-,19-18+. The van der Waals surface area contributed by atoms with E-state index in [1.165, 1.54) is 0 Å². The summed E-state index contributed by atoms with van der Waals surface area (Å²) in [5.41, 5.74) is 2.04. The Balaban J connectivity index is 2.05. The number of hydrogen-bond acceptors (Lipinski definition) is 1. The summed E-state index contributed by atoms with van der Waals surface area (Å²) >= 11 is 0. The van der Waals surface area contributed by atoms with Crippen molar-refractivity contribution < 1.29 is 0 Å². The summed E-state index contributed by atoms with van der Waals surface area (Å²) in [6, 6.07) is 21.1. The van der Waals surface area contributed by atoms with Crippen LogP contribution in [0.4, 0.5) is 0 Å². The monoisotopic (exact) mass is 271 g/mol. The average molecular weight is 271 g/mol. The Morgan fingerprint density at radius 2 is 1.71 bits per heavy atom. The second-order valence-corrected chi connectivity index (χ2v) is 4.60. The van der Waals surface area contributed by atoms with Gasteiger partial charge in [0, 0.05) is 17.1 Å². The minimum atomic E-state index is 0.970. The molecule has 0 spiro atoms. The first-order valence-electron chi connectivity index (χ1n) is 6.84. The SMILES string of the molecule is C(#[N+]/C=c1/cccc/c1=C1/C=CC=CN1)c1ccccc1. The van der Waals surface area contributed by atoms with E-state index in [1.54, 1.807) is 0 Å². The molecule has 0 saturated carbocycles. The van der Waals surface area contributed by atoms with Gasteiger partial charge in [-0.25, -0.2) is 0 Å². The zero-order valence-corrected chi connectivity index (χ0v) is 11.5. The van der Waals surface area contributed by atoms with Crippen LogP contribution in [0.1, 0.15) is 5.56 Å². The van der Waals surface area contributed by atoms with Crippen LogP contribution in [0.25, 0.3) is 16.7 Å². The molecule has 0 aliphatic carbocycles. The van der Waals surface area contributed by atoms with Gasteiger partial charge in [-0.15, -0.1) is 0 Å². The number of benzene rings is 2. The molecule has 2 heteroatoms. The first-order chi connectivity index (χ1) is 10.4. The van der Waals surface area contributed by atoms with E-state index >= 15 is 0 Å². The normalized spacial score (nSPS) is 16.1. The van der Waals surface area contributed by atoms with Gasteiger partial charge in [0.15, 0.2) is 0 Å². The number of nitrogens with zero attached hydrogens (tertiary/aromatic N) is 1. The van der Waals surface area contributed by atoms with E-state index in [2.05, 4.69) is 28.4 Å². The lowest BCUT2D eigenvalue weighted by Gasteiger charge is -2.04. The lowest BCUT2D eigenvalue weighted by molar-refractivity contribution is 1.19. The van der Waals surface area contributed by atoms with Crippen LogP contribution in [0.15, 0.2) is 79.0 Å². The third-order valence-corrected chi connectivity index (χ3v) is 3.13. The second-order valence-electron chi connectivity index (χ2n) is 4.60. The lowest BCUT2D eigenvalue weighted by Crippen LogP contribution is -2.29. The Bertz CT molecular complexity index is 863. The molecule has 0 bridgehead atoms. The van der Waals surface area contributed by atoms with E-state index in [4.69, 9.17) is 0 Å². The fourth-order valence-electron chi connectivity index (χ4n) is 2.10. The van der Waals surface area contributed by atoms with E-state index in [9.17, 15) is 0 Å². The van der Waals surface area contributed by atoms with Crippen LogP contribution in [0.3, 0.4) is 0 Å². The predicted molar refractivity (Wildman–Crippen MR) is 87.8 cm³/mol. The molecule has 0 radical (unpaired) electrons. The zero-order chi connectivity index (χ0) is 14.3. The third kappa shape index (κ3) is 3.29. The minimum absolute atomic E-state index is 0.970. The topological polar surface area (TPSA) is 16.4 Å². The van der Waals surface area contributed by atoms with E-state index in [1.807, 2.05) is 73.1 Å². The fourth-order valence-corrected chi connectivity index (χ4v) is 2.10. The maximum atomic E-state index is 4.31. The molecule has 0 saturated heterocycles. The smallest absolute Gasteiger partial charge is 0.319 e. The predicted octanol–water partition coefficient (Wildman–Crippen LogP) is 2.59. The molecule has 0 amide bonds. The molecule has 0 aromatic heterocycles. The highest BCUT2D eigenvalue weighted by Gasteiger charge is 1.98. The number of allylic oxidation sites excluding steroid dienone is 2. The van der Waals surface area contributed by atoms with Crippen molar-refractivity contribution in [1.29, 1.82) is 0 Å². The van der Waals surface area contributed by atoms with Gasteiger partial charge >= 0.3 is 12.3 Å². The Kier molecular flexibility index (Phi) is 3.95. The van der Waals surface area contributed by atoms with Crippen LogP contribution in [0.5, 0.6) is 0 Å². The molecule has 21 heavy (non-hydrogen) atoms. The molecule has 0 atom stereocenters. The van der Waals surface area contributed by atoms with E-state index in [-0.39, 0.29) is 0 Å². The van der Waals surface area contributed by atoms with Crippen molar-refractivity contribution in [3.05, 3.63) is 99.9 Å². The van der Waals surface area contributed by atoms with Crippen molar-refractivity contribution >= 4 is 11.9 Å². The number of rotatable bonds is 0. The maximum Gasteiger partial charge on any atom is 0.319 e. The lowest BCUT2D eigenvalue weighted by atomic mass is 10.2. The summed E-state index contributed by atoms with van der Waals surface area (Å²) in [5.74, 6) is 0. The van der Waals surface area contributed by atoms with Gasteiger partial charge in [0.2, 0.25) is 0 Å². The Morgan fingerprint density at radius 1 is 0.905 bits per heavy atom. The average Bonchev–Trinajstić information content (AvgIpc) is 2.57. The van der Waals surface area contributed by atoms with Gasteiger partial charge in [0.1, 0.15) is 5.56 Å². The van der Waals surface area contributed by atoms with Crippen LogP contribution in [0.2, 0.25) is 0 Å². The van der Waals surface area contributed by atoms with Crippen molar-refractivity contribution in [2.24, 2.45) is 0 Å². The van der Waals surface area contributed by atoms with Gasteiger partial charge < -0.3 is 5.32 Å². The summed E-state index contributed by atoms with van der Waals surface area (Å²) in [7, 11) is 0. The van der Waals surface area contributed by atoms with Gasteiger partial charge in [0.05, 0.1) is 5.22 Å². The van der Waals surface area contributed by atoms with Crippen molar-refractivity contribution in [2.75, 3.05) is 0 Å². The van der Waals surface area contributed by atoms with Crippen LogP contribution in [-0.4, -0.2) is 0 Å². The van der Waals surface area contributed by atoms with E-state index < -0.39 is 0 Å². The minimum Gasteiger partial charge on any atom is -0.361 e. The first kappa shape index (κ1) is 13.0. The van der Waals surface area contributed by atoms with Gasteiger partial charge in [-0.2, -0.15) is 0 Å². The molecule has 1 aliphatic heterocycles. The molecule has 0 unspecified atom stereocenters. The molecule has 1 aliphatic rings. The van der Waals surface area contributed by atoms with Crippen LogP contribution >= 0.6 is 0 Å². The fraction of sp³-hybridized carbons (Fsp3) is 0. The number of hydrogen-bond donors (Lipinski definition) is 1. The molecular weight excluding hydrogens is 256 g/mol. The quantitative estimate of drug-likeness (QED) is 0.779. The number of nitrogens with one attached hydrogen (secondary N) is 1. The maximum absolute atomic E-state index is 4.31. The van der Waals surface area contributed by atoms with Gasteiger partial charge in [-0.1, -0.05) is 42.5 Å². The van der Waals surface area contributed by atoms with Crippen molar-refractivity contribution in [3.63, 3.8) is 0 Å². The molecule has 3 rings (SSSR count). The molecular formula is C19H15N2+. The third-order valence-electron chi connectivity index (χ3n) is 3.13. The molecule has 100 valence electrons. The summed E-state index contributed by atoms with van der Waals surface area (Å²) in [6.07, 6.45) is 9.80. The van der Waals surface area contributed by atoms with E-state index in [0.717, 1.165) is 21.7 Å². The van der Waals surface area contributed by atoms with Crippen LogP contribution < -0.4 is 15.8 Å². The largest absolute Gasteiger partial charge is 0.361 e. The highest BCUT2D eigenvalue weighted by atomic mass is 14.8. The summed E-state index contributed by atoms with van der Waals surface area (Å²) in [6.45, 7) is 0. The van der Waals surface area contributed by atoms with Crippen molar-refractivity contribution in [1.82, 2.24) is 5.32 Å². The van der Waals surface area contributed by atoms with Crippen LogP contribution in [-0.2, 0) is 0 Å². The molecule has 2 aromatic rings. The Morgan fingerprint density at radius 3 is 2.52 bits per heavy atom. The Labute approximate surface area is 123 Å². The van der Waals surface area contributed by atoms with Crippen LogP contribution in [0, 0.1) is 6.07 Å². The van der Waals surface area contributed by atoms with Crippen molar-refractivity contribution in [3.8, 4) is 6.07 Å². The molecule has 2 aromatic carbocycles. The zero-order valence-electron chi connectivity index (χ0n) is 11.5. The first-order valence-corrected chi connectivity index (χ1v) is 6.84. The molecule has 2 nitrogen and oxygen atoms in total. The number of dihydropyridines is 1. The molecule has 0 fully saturated rings. The molecule has 1 N–H and O–H groups in total. The van der Waals surface area contributed by atoms with Gasteiger partial charge in [-0.05, 0) is 35.2 Å². The van der Waals surface area contributed by atoms with Gasteiger partial charge in [-0.3, -0.25) is 0 Å². The summed E-state index contributed by atoms with van der Waals surface area (Å²) in [4.78, 5) is 4.31. The van der Waals surface area contributed by atoms with Gasteiger partial charge in [0.25, 0.3) is 0 Å². The second kappa shape index (κ2) is 6.40. The Hall–Kier alpha value is -3.05. The van der Waals surface area contributed by atoms with Crippen molar-refractivity contribution in [2.45, 2.75) is 0 Å². The summed E-state index contributed by atoms with van der Waals surface area (Å²) in [5, 5.41) is 5.43. The summed E-state index contributed by atoms with van der Waals surface area (Å²) < 4.78 is 0. The highest BCUT2D eigenvalue weighted by molar-refractivity contribution is 5.59.